The SMILES string of the molecule is CCCCCCC1(CCc2ccccc2)C=Cc2c(n(S)c3ccccc23)C=C1. The first kappa shape index (κ1) is 20.1. The summed E-state index contributed by atoms with van der Waals surface area (Å²) in [5.41, 5.74) is 5.20. The van der Waals surface area contributed by atoms with Crippen molar-refractivity contribution in [3.63, 3.8) is 0 Å². The van der Waals surface area contributed by atoms with Gasteiger partial charge < -0.3 is 0 Å². The molecule has 4 rings (SSSR count). The highest BCUT2D eigenvalue weighted by atomic mass is 32.1. The highest BCUT2D eigenvalue weighted by Crippen LogP contribution is 2.40. The first-order chi connectivity index (χ1) is 14.2. The van der Waals surface area contributed by atoms with Crippen molar-refractivity contribution in [2.45, 2.75) is 51.9 Å². The van der Waals surface area contributed by atoms with Gasteiger partial charge in [-0.2, -0.15) is 0 Å². The van der Waals surface area contributed by atoms with Gasteiger partial charge in [0, 0.05) is 16.4 Å². The molecule has 0 radical (unpaired) electrons. The molecule has 0 saturated carbocycles. The molecule has 2 heteroatoms. The Hall–Kier alpha value is -2.19. The zero-order valence-electron chi connectivity index (χ0n) is 17.3. The van der Waals surface area contributed by atoms with Crippen LogP contribution in [0.15, 0.2) is 66.7 Å². The van der Waals surface area contributed by atoms with Crippen LogP contribution in [0, 0.1) is 5.41 Å². The molecule has 0 aliphatic heterocycles. The number of hydrogen-bond donors (Lipinski definition) is 1. The van der Waals surface area contributed by atoms with E-state index in [0.29, 0.717) is 0 Å². The lowest BCUT2D eigenvalue weighted by atomic mass is 9.77. The molecule has 0 spiro atoms. The third-order valence-corrected chi connectivity index (χ3v) is 6.73. The van der Waals surface area contributed by atoms with Crippen molar-refractivity contribution < 1.29 is 0 Å². The normalized spacial score (nSPS) is 18.1. The Bertz CT molecular complexity index is 1010. The minimum Gasteiger partial charge on any atom is -0.286 e. The molecule has 150 valence electrons. The fourth-order valence-corrected chi connectivity index (χ4v) is 4.86. The van der Waals surface area contributed by atoms with E-state index >= 15 is 0 Å². The number of thiol groups is 1. The second-order valence-electron chi connectivity index (χ2n) is 8.32. The van der Waals surface area contributed by atoms with E-state index in [1.165, 1.54) is 59.8 Å². The summed E-state index contributed by atoms with van der Waals surface area (Å²) in [7, 11) is 0. The predicted octanol–water partition coefficient (Wildman–Crippen LogP) is 7.96. The zero-order chi connectivity index (χ0) is 20.1. The van der Waals surface area contributed by atoms with Gasteiger partial charge in [-0.25, -0.2) is 0 Å². The molecule has 1 aliphatic carbocycles. The molecule has 3 aromatic rings. The highest BCUT2D eigenvalue weighted by Gasteiger charge is 2.26. The molecule has 1 aliphatic rings. The molecule has 0 amide bonds. The van der Waals surface area contributed by atoms with E-state index in [2.05, 4.69) is 85.8 Å². The van der Waals surface area contributed by atoms with Crippen molar-refractivity contribution >= 4 is 35.9 Å². The van der Waals surface area contributed by atoms with E-state index in [1.54, 1.807) is 0 Å². The molecule has 1 aromatic heterocycles. The van der Waals surface area contributed by atoms with Crippen LogP contribution in [0.5, 0.6) is 0 Å². The standard InChI is InChI=1S/C27H31NS/c1-2-3-4-10-18-27(19-15-22-11-6-5-7-12-22)20-16-24-23-13-8-9-14-25(23)28(29)26(24)17-21-27/h5-9,11-14,16-17,20-21,29H,2-4,10,15,18-19H2,1H3. The Kier molecular flexibility index (Phi) is 6.30. The molecule has 2 aromatic carbocycles. The van der Waals surface area contributed by atoms with E-state index in [4.69, 9.17) is 12.8 Å². The van der Waals surface area contributed by atoms with Crippen molar-refractivity contribution in [2.24, 2.45) is 5.41 Å². The Morgan fingerprint density at radius 2 is 1.59 bits per heavy atom. The first-order valence-corrected chi connectivity index (χ1v) is 11.4. The van der Waals surface area contributed by atoms with Crippen LogP contribution in [0.3, 0.4) is 0 Å². The Morgan fingerprint density at radius 1 is 0.828 bits per heavy atom. The molecule has 0 saturated heterocycles. The number of benzene rings is 2. The van der Waals surface area contributed by atoms with Gasteiger partial charge in [-0.3, -0.25) is 3.97 Å². The third-order valence-electron chi connectivity index (χ3n) is 6.30. The Balaban J connectivity index is 1.64. The molecule has 1 unspecified atom stereocenters. The second kappa shape index (κ2) is 9.09. The number of unbranched alkanes of at least 4 members (excludes halogenated alkanes) is 3. The molecule has 0 bridgehead atoms. The lowest BCUT2D eigenvalue weighted by molar-refractivity contribution is 0.395. The average molecular weight is 402 g/mol. The largest absolute Gasteiger partial charge is 0.286 e. The predicted molar refractivity (Wildman–Crippen MR) is 130 cm³/mol. The summed E-state index contributed by atoms with van der Waals surface area (Å²) in [6.45, 7) is 2.28. The number of hydrogen-bond acceptors (Lipinski definition) is 1. The number of fused-ring (bicyclic) bond motifs is 3. The molecular formula is C27H31NS. The summed E-state index contributed by atoms with van der Waals surface area (Å²) in [5, 5.41) is 1.28. The van der Waals surface area contributed by atoms with Crippen LogP contribution in [0.1, 0.15) is 62.3 Å². The number of allylic oxidation sites excluding steroid dienone is 2. The number of aryl methyl sites for hydroxylation is 1. The van der Waals surface area contributed by atoms with E-state index in [0.717, 1.165) is 12.8 Å². The van der Waals surface area contributed by atoms with Crippen molar-refractivity contribution in [2.75, 3.05) is 0 Å². The minimum atomic E-state index is 0.109. The van der Waals surface area contributed by atoms with Crippen LogP contribution < -0.4 is 0 Å². The monoisotopic (exact) mass is 401 g/mol. The van der Waals surface area contributed by atoms with Crippen LogP contribution in [-0.2, 0) is 6.42 Å². The maximum atomic E-state index is 4.80. The van der Waals surface area contributed by atoms with Gasteiger partial charge in [-0.05, 0) is 37.0 Å². The maximum Gasteiger partial charge on any atom is 0.0602 e. The maximum absolute atomic E-state index is 4.80. The van der Waals surface area contributed by atoms with E-state index < -0.39 is 0 Å². The van der Waals surface area contributed by atoms with Gasteiger partial charge in [0.25, 0.3) is 0 Å². The van der Waals surface area contributed by atoms with Gasteiger partial charge in [-0.1, -0.05) is 112 Å². The van der Waals surface area contributed by atoms with Crippen LogP contribution >= 0.6 is 12.8 Å². The van der Waals surface area contributed by atoms with Crippen molar-refractivity contribution in [1.82, 2.24) is 3.97 Å². The zero-order valence-corrected chi connectivity index (χ0v) is 18.2. The van der Waals surface area contributed by atoms with Gasteiger partial charge in [0.05, 0.1) is 11.2 Å². The Labute approximate surface area is 180 Å². The molecule has 1 heterocycles. The smallest absolute Gasteiger partial charge is 0.0602 e. The van der Waals surface area contributed by atoms with Gasteiger partial charge >= 0.3 is 0 Å². The minimum absolute atomic E-state index is 0.109. The van der Waals surface area contributed by atoms with E-state index in [1.807, 2.05) is 3.97 Å². The number of para-hydroxylation sites is 1. The molecular weight excluding hydrogens is 370 g/mol. The Morgan fingerprint density at radius 3 is 2.41 bits per heavy atom. The summed E-state index contributed by atoms with van der Waals surface area (Å²) in [4.78, 5) is 0. The molecule has 1 nitrogen and oxygen atoms in total. The average Bonchev–Trinajstić information content (AvgIpc) is 2.91. The van der Waals surface area contributed by atoms with Gasteiger partial charge in [0.15, 0.2) is 0 Å². The number of aromatic nitrogens is 1. The highest BCUT2D eigenvalue weighted by molar-refractivity contribution is 7.78. The van der Waals surface area contributed by atoms with E-state index in [9.17, 15) is 0 Å². The summed E-state index contributed by atoms with van der Waals surface area (Å²) >= 11 is 4.80. The fraction of sp³-hybridized carbons (Fsp3) is 0.333. The van der Waals surface area contributed by atoms with E-state index in [-0.39, 0.29) is 5.41 Å². The molecule has 29 heavy (non-hydrogen) atoms. The van der Waals surface area contributed by atoms with Crippen molar-refractivity contribution in [1.29, 1.82) is 0 Å². The van der Waals surface area contributed by atoms with Crippen LogP contribution in [0.2, 0.25) is 0 Å². The van der Waals surface area contributed by atoms with Gasteiger partial charge in [0.2, 0.25) is 0 Å². The third kappa shape index (κ3) is 4.38. The van der Waals surface area contributed by atoms with Crippen LogP contribution in [0.25, 0.3) is 23.1 Å². The van der Waals surface area contributed by atoms with Gasteiger partial charge in [-0.15, -0.1) is 0 Å². The molecule has 1 atom stereocenters. The summed E-state index contributed by atoms with van der Waals surface area (Å²) < 4.78 is 2.04. The number of rotatable bonds is 8. The summed E-state index contributed by atoms with van der Waals surface area (Å²) in [5.74, 6) is 0. The summed E-state index contributed by atoms with van der Waals surface area (Å²) in [6, 6.07) is 19.4. The lowest BCUT2D eigenvalue weighted by Gasteiger charge is -2.27. The second-order valence-corrected chi connectivity index (χ2v) is 8.72. The topological polar surface area (TPSA) is 4.93 Å². The fourth-order valence-electron chi connectivity index (χ4n) is 4.51. The van der Waals surface area contributed by atoms with Crippen LogP contribution in [-0.4, -0.2) is 3.97 Å². The van der Waals surface area contributed by atoms with Crippen molar-refractivity contribution in [3.05, 3.63) is 83.6 Å². The van der Waals surface area contributed by atoms with Crippen LogP contribution in [0.4, 0.5) is 0 Å². The number of nitrogens with zero attached hydrogens (tertiary/aromatic N) is 1. The van der Waals surface area contributed by atoms with Gasteiger partial charge in [0.1, 0.15) is 0 Å². The lowest BCUT2D eigenvalue weighted by Crippen LogP contribution is -2.16. The van der Waals surface area contributed by atoms with Crippen molar-refractivity contribution in [3.8, 4) is 0 Å². The molecule has 0 N–H and O–H groups in total. The molecule has 0 fully saturated rings. The quantitative estimate of drug-likeness (QED) is 0.288. The summed E-state index contributed by atoms with van der Waals surface area (Å²) in [6.07, 6.45) is 18.3. The first-order valence-electron chi connectivity index (χ1n) is 11.0.